The first kappa shape index (κ1) is 79.6. The number of carbonyl (C=O) groups is 3. The number of ether oxygens (including phenoxy) is 5. The highest BCUT2D eigenvalue weighted by atomic mass is 19.3. The Hall–Kier alpha value is -9.51. The molecule has 2 aliphatic heterocycles. The fourth-order valence-corrected chi connectivity index (χ4v) is 12.7. The van der Waals surface area contributed by atoms with Crippen molar-refractivity contribution in [2.24, 2.45) is 17.8 Å². The van der Waals surface area contributed by atoms with Crippen molar-refractivity contribution in [3.8, 4) is 79.8 Å². The highest BCUT2D eigenvalue weighted by Crippen LogP contribution is 2.43. The number of nitrogens with zero attached hydrogens (tertiary/aromatic N) is 9. The molecule has 3 aromatic carbocycles. The number of nitrogens with one attached hydrogen (secondary N) is 1. The van der Waals surface area contributed by atoms with Gasteiger partial charge in [0.2, 0.25) is 20.8 Å². The van der Waals surface area contributed by atoms with E-state index >= 15 is 0 Å². The van der Waals surface area contributed by atoms with Gasteiger partial charge in [-0.05, 0) is 138 Å². The van der Waals surface area contributed by atoms with E-state index in [1.54, 1.807) is 59.5 Å². The van der Waals surface area contributed by atoms with Crippen LogP contribution in [0, 0.1) is 23.6 Å². The third-order valence-electron chi connectivity index (χ3n) is 18.7. The van der Waals surface area contributed by atoms with Gasteiger partial charge in [-0.25, -0.2) is 45.7 Å². The van der Waals surface area contributed by atoms with Crippen molar-refractivity contribution in [3.63, 3.8) is 0 Å². The molecule has 0 bridgehead atoms. The van der Waals surface area contributed by atoms with Crippen molar-refractivity contribution in [1.29, 1.82) is 0 Å². The molecule has 4 N–H and O–H groups in total. The molecule has 6 aromatic heterocycles. The number of Topliss-reactive ketones (excluding diaryl/α,β-unsaturated/α-hetero) is 3. The Labute approximate surface area is 605 Å². The van der Waals surface area contributed by atoms with E-state index in [0.29, 0.717) is 90.4 Å². The van der Waals surface area contributed by atoms with Gasteiger partial charge in [0.25, 0.3) is 0 Å². The monoisotopic (exact) mass is 1470 g/mol. The Morgan fingerprint density at radius 3 is 1.15 bits per heavy atom. The lowest BCUT2D eigenvalue weighted by atomic mass is 10.0. The summed E-state index contributed by atoms with van der Waals surface area (Å²) in [4.78, 5) is 58.6. The van der Waals surface area contributed by atoms with Crippen LogP contribution in [0.25, 0.3) is 50.7 Å². The number of phenols is 3. The Kier molecular flexibility index (Phi) is 29.6. The number of alkyl halides is 6. The van der Waals surface area contributed by atoms with Crippen LogP contribution in [0.4, 0.5) is 30.7 Å². The smallest absolute Gasteiger partial charge is 0.229 e. The summed E-state index contributed by atoms with van der Waals surface area (Å²) in [6, 6.07) is 21.0. The van der Waals surface area contributed by atoms with Crippen molar-refractivity contribution in [3.05, 3.63) is 132 Å². The van der Waals surface area contributed by atoms with Crippen molar-refractivity contribution in [2.45, 2.75) is 90.5 Å². The second-order valence-electron chi connectivity index (χ2n) is 26.4. The van der Waals surface area contributed by atoms with E-state index < -0.39 is 20.8 Å². The minimum absolute atomic E-state index is 0.0551. The van der Waals surface area contributed by atoms with Crippen LogP contribution in [0.5, 0.6) is 46.0 Å². The van der Waals surface area contributed by atoms with Gasteiger partial charge in [0.15, 0.2) is 17.3 Å². The molecule has 8 heterocycles. The Balaban J connectivity index is 0.000000175. The molecule has 14 rings (SSSR count). The summed E-state index contributed by atoms with van der Waals surface area (Å²) in [5.74, 6) is 3.14. The highest BCUT2D eigenvalue weighted by molar-refractivity contribution is 6.04. The van der Waals surface area contributed by atoms with Crippen LogP contribution in [0.3, 0.4) is 0 Å². The summed E-state index contributed by atoms with van der Waals surface area (Å²) in [7, 11) is 4.51. The van der Waals surface area contributed by atoms with Gasteiger partial charge in [-0.15, -0.1) is 0 Å². The quantitative estimate of drug-likeness (QED) is 0.0224. The molecule has 0 amide bonds. The molecule has 5 fully saturated rings. The molecular formula is C77H93F7N10O11. The Morgan fingerprint density at radius 2 is 0.819 bits per heavy atom. The number of aromatic nitrogens is 6. The maximum Gasteiger partial charge on any atom is 0.229 e. The third-order valence-corrected chi connectivity index (χ3v) is 18.7. The SMILES string of the molecule is COc1cc(-c2cnc3cc(F)ccn23)cc(O)c1C(=O)CC1CC1.COc1cc(-c2cnc3cc(OCCCN4CCN(C(C)C)CC4)ccn23)cc(O)c1C(=O)CC1CC1.COc1cc(-c2cnc3cc(OCCCN4CCNCC4)ccn23)cc(O)c1C(=O)CC1CC1.FCF.FCF.FCF. The predicted molar refractivity (Wildman–Crippen MR) is 385 cm³/mol. The van der Waals surface area contributed by atoms with E-state index in [9.17, 15) is 60.4 Å². The summed E-state index contributed by atoms with van der Waals surface area (Å²) in [5.41, 5.74) is 7.10. The fraction of sp³-hybridized carbons (Fsp3) is 0.455. The molecule has 3 aliphatic carbocycles. The zero-order chi connectivity index (χ0) is 75.1. The number of halogens is 7. The number of aromatic hydroxyl groups is 3. The number of imidazole rings is 3. The molecule has 0 unspecified atom stereocenters. The maximum atomic E-state index is 13.3. The Bertz CT molecular complexity index is 4320. The second-order valence-corrected chi connectivity index (χ2v) is 26.4. The van der Waals surface area contributed by atoms with E-state index in [4.69, 9.17) is 23.7 Å². The number of hydrogen-bond acceptors (Lipinski definition) is 18. The lowest BCUT2D eigenvalue weighted by molar-refractivity contribution is 0.0961. The standard InChI is InChI=1S/C29H38N4O4.C26H32N4O4.C19H17FN2O3.3CH2F2/c1-20(2)32-12-10-31(11-13-32)8-4-14-37-23-7-9-33-24(19-30-28(33)18-23)22-16-26(35)29(27(17-22)36-3)25(34)15-21-5-6-21;1-33-24-15-19(14-23(32)26(24)22(31)13-18-3-4-18)21-17-28-25-16-20(5-9-30(21)25)34-12-2-8-29-10-6-27-7-11-29;1-25-17-8-12(7-16(24)19(17)15(23)6-11-2-3-11)14-10-21-18-9-13(20)4-5-22(14)18;3*2-1-3/h7,9,16-21,35H,4-6,8,10-15H2,1-3H3;5,9,14-18,27,32H,2-4,6-8,10-13H2,1H3;4-5,7-11,24H,2-3,6H2,1H3;3*1H2. The van der Waals surface area contributed by atoms with E-state index in [1.807, 2.05) is 45.5 Å². The first-order valence-corrected chi connectivity index (χ1v) is 35.3. The van der Waals surface area contributed by atoms with E-state index in [2.05, 4.69) is 48.8 Å². The number of piperazine rings is 2. The number of pyridine rings is 3. The molecule has 3 saturated carbocycles. The van der Waals surface area contributed by atoms with Crippen molar-refractivity contribution < 1.29 is 84.1 Å². The molecule has 9 aromatic rings. The van der Waals surface area contributed by atoms with Crippen molar-refractivity contribution >= 4 is 34.3 Å². The van der Waals surface area contributed by atoms with Crippen molar-refractivity contribution in [2.75, 3.05) is 121 Å². The molecule has 105 heavy (non-hydrogen) atoms. The second kappa shape index (κ2) is 39.0. The summed E-state index contributed by atoms with van der Waals surface area (Å²) < 4.78 is 105. The van der Waals surface area contributed by atoms with Crippen LogP contribution in [-0.2, 0) is 0 Å². The minimum Gasteiger partial charge on any atom is -0.507 e. The van der Waals surface area contributed by atoms with Crippen LogP contribution >= 0.6 is 0 Å². The lowest BCUT2D eigenvalue weighted by Gasteiger charge is -2.36. The fourth-order valence-electron chi connectivity index (χ4n) is 12.7. The largest absolute Gasteiger partial charge is 0.507 e. The summed E-state index contributed by atoms with van der Waals surface area (Å²) in [6.07, 6.45) is 20.3. The topological polar surface area (TPSA) is 232 Å². The van der Waals surface area contributed by atoms with Gasteiger partial charge < -0.3 is 54.1 Å². The first-order valence-electron chi connectivity index (χ1n) is 35.3. The van der Waals surface area contributed by atoms with Gasteiger partial charge >= 0.3 is 0 Å². The third kappa shape index (κ3) is 22.0. The van der Waals surface area contributed by atoms with Crippen LogP contribution in [0.2, 0.25) is 0 Å². The van der Waals surface area contributed by atoms with Gasteiger partial charge in [-0.3, -0.25) is 32.5 Å². The van der Waals surface area contributed by atoms with Crippen LogP contribution in [0.15, 0.2) is 110 Å². The van der Waals surface area contributed by atoms with Crippen LogP contribution in [0.1, 0.15) is 116 Å². The molecule has 2 saturated heterocycles. The molecule has 0 spiro atoms. The predicted octanol–water partition coefficient (Wildman–Crippen LogP) is 14.4. The maximum absolute atomic E-state index is 13.3. The summed E-state index contributed by atoms with van der Waals surface area (Å²) in [6.45, 7) is 11.5. The van der Waals surface area contributed by atoms with Gasteiger partial charge in [0.05, 0.1) is 70.2 Å². The van der Waals surface area contributed by atoms with Crippen LogP contribution < -0.4 is 29.0 Å². The number of carbonyl (C=O) groups excluding carboxylic acids is 3. The zero-order valence-electron chi connectivity index (χ0n) is 59.9. The molecule has 21 nitrogen and oxygen atoms in total. The van der Waals surface area contributed by atoms with Crippen LogP contribution in [-0.4, -0.2) is 202 Å². The van der Waals surface area contributed by atoms with Gasteiger partial charge in [-0.1, -0.05) is 0 Å². The van der Waals surface area contributed by atoms with Crippen molar-refractivity contribution in [1.82, 2.24) is 48.2 Å². The lowest BCUT2D eigenvalue weighted by Crippen LogP contribution is -2.49. The number of fused-ring (bicyclic) bond motifs is 3. The highest BCUT2D eigenvalue weighted by Gasteiger charge is 2.32. The average molecular weight is 1470 g/mol. The summed E-state index contributed by atoms with van der Waals surface area (Å²) >= 11 is 0. The number of ketones is 3. The number of rotatable bonds is 26. The molecule has 28 heteroatoms. The molecule has 0 radical (unpaired) electrons. The number of hydrogen-bond donors (Lipinski definition) is 4. The normalized spacial score (nSPS) is 15.2. The van der Waals surface area contributed by atoms with Gasteiger partial charge in [0, 0.05) is 144 Å². The van der Waals surface area contributed by atoms with E-state index in [-0.39, 0.29) is 57.1 Å². The van der Waals surface area contributed by atoms with Gasteiger partial charge in [-0.2, -0.15) is 0 Å². The number of benzene rings is 3. The average Bonchev–Trinajstić information content (AvgIpc) is 1.71. The molecular weight excluding hydrogens is 1370 g/mol. The van der Waals surface area contributed by atoms with E-state index in [0.717, 1.165) is 162 Å². The zero-order valence-corrected chi connectivity index (χ0v) is 59.9. The van der Waals surface area contributed by atoms with E-state index in [1.165, 1.54) is 39.5 Å². The number of phenolic OH excluding ortho intramolecular Hbond substituents is 3. The molecule has 0 atom stereocenters. The first-order chi connectivity index (χ1) is 50.8. The molecule has 566 valence electrons. The summed E-state index contributed by atoms with van der Waals surface area (Å²) in [5, 5.41) is 35.2. The minimum atomic E-state index is -1.75. The molecule has 5 aliphatic rings. The number of methoxy groups -OCH3 is 3. The van der Waals surface area contributed by atoms with Gasteiger partial charge in [0.1, 0.15) is 85.4 Å². The Morgan fingerprint density at radius 1 is 0.486 bits per heavy atom.